The van der Waals surface area contributed by atoms with Crippen LogP contribution in [-0.4, -0.2) is 21.7 Å². The molecule has 80 valence electrons. The molecule has 0 saturated carbocycles. The summed E-state index contributed by atoms with van der Waals surface area (Å²) in [6, 6.07) is 1.87. The van der Waals surface area contributed by atoms with E-state index in [0.717, 1.165) is 30.0 Å². The smallest absolute Gasteiger partial charge is 0.184 e. The van der Waals surface area contributed by atoms with Gasteiger partial charge >= 0.3 is 0 Å². The summed E-state index contributed by atoms with van der Waals surface area (Å²) < 4.78 is 5.20. The highest BCUT2D eigenvalue weighted by molar-refractivity contribution is 5.56. The molecule has 0 unspecified atom stereocenters. The van der Waals surface area contributed by atoms with Gasteiger partial charge in [0.25, 0.3) is 0 Å². The predicted molar refractivity (Wildman–Crippen MR) is 56.2 cm³/mol. The van der Waals surface area contributed by atoms with Crippen molar-refractivity contribution in [1.82, 2.24) is 15.2 Å². The third-order valence-corrected chi connectivity index (χ3v) is 2.25. The van der Waals surface area contributed by atoms with E-state index in [0.29, 0.717) is 12.4 Å². The first-order chi connectivity index (χ1) is 7.31. The fourth-order valence-electron chi connectivity index (χ4n) is 1.41. The quantitative estimate of drug-likeness (QED) is 0.789. The minimum absolute atomic E-state index is 0.667. The predicted octanol–water partition coefficient (Wildman–Crippen LogP) is 1.26. The zero-order chi connectivity index (χ0) is 10.7. The zero-order valence-electron chi connectivity index (χ0n) is 8.66. The Labute approximate surface area is 87.7 Å². The van der Waals surface area contributed by atoms with Gasteiger partial charge in [0.15, 0.2) is 5.82 Å². The molecule has 0 radical (unpaired) electrons. The van der Waals surface area contributed by atoms with Gasteiger partial charge in [-0.2, -0.15) is 5.10 Å². The Morgan fingerprint density at radius 2 is 2.40 bits per heavy atom. The van der Waals surface area contributed by atoms with Crippen molar-refractivity contribution in [1.29, 1.82) is 0 Å². The molecular formula is C10H14N4O. The summed E-state index contributed by atoms with van der Waals surface area (Å²) in [5.41, 5.74) is 6.36. The van der Waals surface area contributed by atoms with E-state index < -0.39 is 0 Å². The number of nitrogens with two attached hydrogens (primary N) is 1. The minimum atomic E-state index is 0.667. The Hall–Kier alpha value is -1.62. The van der Waals surface area contributed by atoms with Crippen molar-refractivity contribution in [2.24, 2.45) is 5.73 Å². The van der Waals surface area contributed by atoms with Crippen LogP contribution in [0.25, 0.3) is 11.4 Å². The second-order valence-corrected chi connectivity index (χ2v) is 3.39. The van der Waals surface area contributed by atoms with Crippen LogP contribution >= 0.6 is 0 Å². The third-order valence-electron chi connectivity index (χ3n) is 2.25. The highest BCUT2D eigenvalue weighted by Crippen LogP contribution is 2.20. The van der Waals surface area contributed by atoms with Crippen molar-refractivity contribution in [2.45, 2.75) is 19.8 Å². The summed E-state index contributed by atoms with van der Waals surface area (Å²) in [4.78, 5) is 4.37. The molecule has 0 aromatic carbocycles. The number of furan rings is 1. The summed E-state index contributed by atoms with van der Waals surface area (Å²) in [5, 5.41) is 7.03. The number of H-pyrrole nitrogens is 1. The molecular weight excluding hydrogens is 192 g/mol. The second kappa shape index (κ2) is 4.27. The molecule has 0 amide bonds. The number of hydrogen-bond donors (Lipinski definition) is 2. The first-order valence-corrected chi connectivity index (χ1v) is 4.97. The lowest BCUT2D eigenvalue weighted by atomic mass is 10.2. The molecule has 2 aromatic rings. The van der Waals surface area contributed by atoms with Gasteiger partial charge in [-0.3, -0.25) is 5.10 Å². The summed E-state index contributed by atoms with van der Waals surface area (Å²) in [7, 11) is 0. The molecule has 0 fully saturated rings. The maximum absolute atomic E-state index is 5.42. The van der Waals surface area contributed by atoms with E-state index in [1.165, 1.54) is 0 Å². The van der Waals surface area contributed by atoms with E-state index in [1.54, 1.807) is 6.26 Å². The normalized spacial score (nSPS) is 10.8. The van der Waals surface area contributed by atoms with Crippen LogP contribution in [-0.2, 0) is 6.42 Å². The van der Waals surface area contributed by atoms with Gasteiger partial charge in [0.1, 0.15) is 11.6 Å². The largest absolute Gasteiger partial charge is 0.469 e. The SMILES string of the molecule is Cc1occc1-c1n[nH]c(CCCN)n1. The Morgan fingerprint density at radius 1 is 1.53 bits per heavy atom. The summed E-state index contributed by atoms with van der Waals surface area (Å²) in [6.07, 6.45) is 3.39. The van der Waals surface area contributed by atoms with Gasteiger partial charge in [0.2, 0.25) is 0 Å². The molecule has 15 heavy (non-hydrogen) atoms. The highest BCUT2D eigenvalue weighted by Gasteiger charge is 2.09. The Morgan fingerprint density at radius 3 is 3.07 bits per heavy atom. The number of aromatic nitrogens is 3. The lowest BCUT2D eigenvalue weighted by molar-refractivity contribution is 0.535. The second-order valence-electron chi connectivity index (χ2n) is 3.39. The van der Waals surface area contributed by atoms with E-state index >= 15 is 0 Å². The molecule has 0 aliphatic carbocycles. The van der Waals surface area contributed by atoms with Gasteiger partial charge in [-0.15, -0.1) is 0 Å². The minimum Gasteiger partial charge on any atom is -0.469 e. The van der Waals surface area contributed by atoms with E-state index in [2.05, 4.69) is 15.2 Å². The molecule has 0 aliphatic heterocycles. The monoisotopic (exact) mass is 206 g/mol. The summed E-state index contributed by atoms with van der Waals surface area (Å²) in [6.45, 7) is 2.56. The van der Waals surface area contributed by atoms with Crippen LogP contribution in [0.1, 0.15) is 18.0 Å². The zero-order valence-corrected chi connectivity index (χ0v) is 8.66. The molecule has 5 nitrogen and oxygen atoms in total. The van der Waals surface area contributed by atoms with Crippen molar-refractivity contribution in [2.75, 3.05) is 6.54 Å². The van der Waals surface area contributed by atoms with Crippen LogP contribution < -0.4 is 5.73 Å². The molecule has 0 aliphatic rings. The molecule has 0 saturated heterocycles. The molecule has 2 aromatic heterocycles. The van der Waals surface area contributed by atoms with E-state index in [4.69, 9.17) is 10.2 Å². The van der Waals surface area contributed by atoms with Gasteiger partial charge in [0, 0.05) is 6.42 Å². The molecule has 5 heteroatoms. The maximum atomic E-state index is 5.42. The number of aromatic amines is 1. The van der Waals surface area contributed by atoms with Crippen molar-refractivity contribution in [3.05, 3.63) is 23.9 Å². The molecule has 0 spiro atoms. The molecule has 2 rings (SSSR count). The highest BCUT2D eigenvalue weighted by atomic mass is 16.3. The number of aryl methyl sites for hydroxylation is 2. The fraction of sp³-hybridized carbons (Fsp3) is 0.400. The van der Waals surface area contributed by atoms with Gasteiger partial charge in [-0.25, -0.2) is 4.98 Å². The average molecular weight is 206 g/mol. The van der Waals surface area contributed by atoms with E-state index in [1.807, 2.05) is 13.0 Å². The topological polar surface area (TPSA) is 80.7 Å². The summed E-state index contributed by atoms with van der Waals surface area (Å²) >= 11 is 0. The van der Waals surface area contributed by atoms with Crippen LogP contribution in [0.5, 0.6) is 0 Å². The van der Waals surface area contributed by atoms with Crippen LogP contribution in [0.2, 0.25) is 0 Å². The Balaban J connectivity index is 2.17. The van der Waals surface area contributed by atoms with Crippen LogP contribution in [0.15, 0.2) is 16.7 Å². The van der Waals surface area contributed by atoms with Crippen molar-refractivity contribution in [3.8, 4) is 11.4 Å². The van der Waals surface area contributed by atoms with Crippen molar-refractivity contribution >= 4 is 0 Å². The van der Waals surface area contributed by atoms with Crippen molar-refractivity contribution in [3.63, 3.8) is 0 Å². The first kappa shape index (κ1) is 9.92. The Bertz CT molecular complexity index is 432. The van der Waals surface area contributed by atoms with Crippen molar-refractivity contribution < 1.29 is 4.42 Å². The Kier molecular flexibility index (Phi) is 2.82. The summed E-state index contributed by atoms with van der Waals surface area (Å²) in [5.74, 6) is 2.39. The van der Waals surface area contributed by atoms with Gasteiger partial charge in [-0.05, 0) is 26.0 Å². The lowest BCUT2D eigenvalue weighted by Gasteiger charge is -1.91. The van der Waals surface area contributed by atoms with Crippen LogP contribution in [0.3, 0.4) is 0 Å². The van der Waals surface area contributed by atoms with Crippen LogP contribution in [0.4, 0.5) is 0 Å². The van der Waals surface area contributed by atoms with Crippen LogP contribution in [0, 0.1) is 6.92 Å². The van der Waals surface area contributed by atoms with Gasteiger partial charge in [0.05, 0.1) is 11.8 Å². The molecule has 3 N–H and O–H groups in total. The number of rotatable bonds is 4. The fourth-order valence-corrected chi connectivity index (χ4v) is 1.41. The molecule has 0 bridgehead atoms. The maximum Gasteiger partial charge on any atom is 0.184 e. The number of nitrogens with one attached hydrogen (secondary N) is 1. The number of hydrogen-bond acceptors (Lipinski definition) is 4. The standard InChI is InChI=1S/C10H14N4O/c1-7-8(4-6-15-7)10-12-9(13-14-10)3-2-5-11/h4,6H,2-3,5,11H2,1H3,(H,12,13,14). The molecule has 0 atom stereocenters. The lowest BCUT2D eigenvalue weighted by Crippen LogP contribution is -2.01. The molecule has 2 heterocycles. The average Bonchev–Trinajstić information content (AvgIpc) is 2.83. The third kappa shape index (κ3) is 2.07. The van der Waals surface area contributed by atoms with Gasteiger partial charge in [-0.1, -0.05) is 0 Å². The van der Waals surface area contributed by atoms with E-state index in [-0.39, 0.29) is 0 Å². The van der Waals surface area contributed by atoms with Gasteiger partial charge < -0.3 is 10.2 Å². The number of nitrogens with zero attached hydrogens (tertiary/aromatic N) is 2. The van der Waals surface area contributed by atoms with E-state index in [9.17, 15) is 0 Å². The first-order valence-electron chi connectivity index (χ1n) is 4.97.